The van der Waals surface area contributed by atoms with Crippen molar-refractivity contribution in [3.05, 3.63) is 36.0 Å². The summed E-state index contributed by atoms with van der Waals surface area (Å²) in [5.74, 6) is 0.703. The van der Waals surface area contributed by atoms with Crippen molar-refractivity contribution in [1.29, 1.82) is 0 Å². The molecule has 1 aliphatic rings. The first-order chi connectivity index (χ1) is 5.29. The average Bonchev–Trinajstić information content (AvgIpc) is 2.14. The van der Waals surface area contributed by atoms with Crippen LogP contribution in [-0.4, -0.2) is 21.7 Å². The summed E-state index contributed by atoms with van der Waals surface area (Å²) in [6, 6.07) is 0. The Morgan fingerprint density at radius 1 is 1.42 bits per heavy atom. The van der Waals surface area contributed by atoms with Gasteiger partial charge >= 0.3 is 0 Å². The average molecular weight is 186 g/mol. The molecule has 0 aromatic rings. The quantitative estimate of drug-likeness (QED) is 0.634. The van der Waals surface area contributed by atoms with Crippen molar-refractivity contribution in [1.82, 2.24) is 0 Å². The van der Waals surface area contributed by atoms with Gasteiger partial charge in [0, 0.05) is 22.8 Å². The number of hydrogen-bond acceptors (Lipinski definition) is 1. The van der Waals surface area contributed by atoms with E-state index in [-0.39, 0.29) is 5.48 Å². The Morgan fingerprint density at radius 3 is 2.83 bits per heavy atom. The van der Waals surface area contributed by atoms with Crippen LogP contribution >= 0.6 is 0 Å². The molecule has 0 aromatic heterocycles. The summed E-state index contributed by atoms with van der Waals surface area (Å²) < 4.78 is 10.8. The molecule has 0 spiro atoms. The predicted octanol–water partition coefficient (Wildman–Crippen LogP) is 0.983. The maximum atomic E-state index is 10.8. The number of hydrogen-bond donors (Lipinski definition) is 0. The Kier molecular flexibility index (Phi) is 5.58. The summed E-state index contributed by atoms with van der Waals surface area (Å²) in [5, 5.41) is 0. The molecule has 2 nitrogen and oxygen atoms in total. The first kappa shape index (κ1) is 11.3. The third kappa shape index (κ3) is 4.26. The Labute approximate surface area is 75.4 Å². The third-order valence-corrected chi connectivity index (χ3v) is 2.24. The van der Waals surface area contributed by atoms with Gasteiger partial charge in [0.25, 0.3) is 0 Å². The van der Waals surface area contributed by atoms with Crippen LogP contribution in [0.2, 0.25) is 0 Å². The first-order valence-electron chi connectivity index (χ1n) is 3.60. The highest BCUT2D eigenvalue weighted by atomic mass is 32.2. The second-order valence-electron chi connectivity index (χ2n) is 2.56. The monoisotopic (exact) mass is 186 g/mol. The van der Waals surface area contributed by atoms with Gasteiger partial charge in [-0.2, -0.15) is 0 Å². The molecule has 0 saturated heterocycles. The van der Waals surface area contributed by atoms with Gasteiger partial charge in [0.2, 0.25) is 0 Å². The van der Waals surface area contributed by atoms with E-state index in [4.69, 9.17) is 0 Å². The van der Waals surface area contributed by atoms with Crippen molar-refractivity contribution in [2.75, 3.05) is 12.0 Å². The lowest BCUT2D eigenvalue weighted by Crippen LogP contribution is -1.96. The Morgan fingerprint density at radius 2 is 2.17 bits per heavy atom. The molecular formula is C9H14O2S. The lowest BCUT2D eigenvalue weighted by atomic mass is 10.2. The number of rotatable bonds is 2. The van der Waals surface area contributed by atoms with Crippen LogP contribution in [0.5, 0.6) is 0 Å². The zero-order valence-electron chi connectivity index (χ0n) is 7.12. The van der Waals surface area contributed by atoms with E-state index in [1.54, 1.807) is 6.26 Å². The van der Waals surface area contributed by atoms with Crippen LogP contribution in [0.15, 0.2) is 36.0 Å². The van der Waals surface area contributed by atoms with Crippen LogP contribution in [0.3, 0.4) is 0 Å². The molecule has 0 saturated carbocycles. The highest BCUT2D eigenvalue weighted by Crippen LogP contribution is 2.07. The molecule has 0 radical (unpaired) electrons. The molecule has 0 aliphatic heterocycles. The van der Waals surface area contributed by atoms with Crippen LogP contribution in [0.4, 0.5) is 0 Å². The minimum Gasteiger partial charge on any atom is -0.412 e. The summed E-state index contributed by atoms with van der Waals surface area (Å²) in [5.41, 5.74) is 1.25. The van der Waals surface area contributed by atoms with Crippen molar-refractivity contribution in [3.63, 3.8) is 0 Å². The standard InChI is InChI=1S/C9H12OS.H2O/c1-11(10)8-9-6-4-2-3-5-7-9;/h2-6H,7-8H2,1H3;1H2. The van der Waals surface area contributed by atoms with Crippen molar-refractivity contribution >= 4 is 10.8 Å². The second kappa shape index (κ2) is 5.91. The van der Waals surface area contributed by atoms with Crippen molar-refractivity contribution in [2.45, 2.75) is 6.42 Å². The topological polar surface area (TPSA) is 48.6 Å². The van der Waals surface area contributed by atoms with Gasteiger partial charge in [-0.25, -0.2) is 0 Å². The fourth-order valence-corrected chi connectivity index (χ4v) is 1.73. The van der Waals surface area contributed by atoms with E-state index >= 15 is 0 Å². The summed E-state index contributed by atoms with van der Waals surface area (Å²) in [6.07, 6.45) is 12.8. The molecule has 0 heterocycles. The van der Waals surface area contributed by atoms with Gasteiger partial charge in [-0.3, -0.25) is 4.21 Å². The summed E-state index contributed by atoms with van der Waals surface area (Å²) >= 11 is 0. The molecule has 3 heteroatoms. The van der Waals surface area contributed by atoms with Gasteiger partial charge in [0.05, 0.1) is 0 Å². The van der Waals surface area contributed by atoms with Gasteiger partial charge in [-0.05, 0) is 6.42 Å². The van der Waals surface area contributed by atoms with E-state index in [9.17, 15) is 4.21 Å². The van der Waals surface area contributed by atoms with Crippen molar-refractivity contribution in [2.24, 2.45) is 0 Å². The zero-order valence-corrected chi connectivity index (χ0v) is 7.93. The Hall–Kier alpha value is -0.670. The van der Waals surface area contributed by atoms with E-state index in [1.165, 1.54) is 5.57 Å². The summed E-state index contributed by atoms with van der Waals surface area (Å²) in [7, 11) is -0.707. The van der Waals surface area contributed by atoms with Crippen LogP contribution < -0.4 is 0 Å². The van der Waals surface area contributed by atoms with Crippen LogP contribution in [0, 0.1) is 0 Å². The van der Waals surface area contributed by atoms with E-state index in [2.05, 4.69) is 6.08 Å². The molecule has 2 N–H and O–H groups in total. The van der Waals surface area contributed by atoms with E-state index in [0.29, 0.717) is 5.75 Å². The second-order valence-corrected chi connectivity index (χ2v) is 3.99. The van der Waals surface area contributed by atoms with Gasteiger partial charge in [-0.15, -0.1) is 0 Å². The van der Waals surface area contributed by atoms with Crippen molar-refractivity contribution < 1.29 is 9.69 Å². The lowest BCUT2D eigenvalue weighted by Gasteiger charge is -1.98. The van der Waals surface area contributed by atoms with Crippen LogP contribution in [0.25, 0.3) is 0 Å². The molecular weight excluding hydrogens is 172 g/mol. The molecule has 0 aromatic carbocycles. The molecule has 1 atom stereocenters. The summed E-state index contributed by atoms with van der Waals surface area (Å²) in [6.45, 7) is 0. The largest absolute Gasteiger partial charge is 0.412 e. The molecule has 12 heavy (non-hydrogen) atoms. The minimum atomic E-state index is -0.707. The predicted molar refractivity (Wildman–Crippen MR) is 53.5 cm³/mol. The first-order valence-corrected chi connectivity index (χ1v) is 5.33. The third-order valence-electron chi connectivity index (χ3n) is 1.46. The fraction of sp³-hybridized carbons (Fsp3) is 0.333. The van der Waals surface area contributed by atoms with Gasteiger partial charge in [0.1, 0.15) is 0 Å². The van der Waals surface area contributed by atoms with E-state index in [1.807, 2.05) is 24.3 Å². The normalized spacial score (nSPS) is 17.6. The van der Waals surface area contributed by atoms with Crippen LogP contribution in [0.1, 0.15) is 6.42 Å². The van der Waals surface area contributed by atoms with Gasteiger partial charge in [0.15, 0.2) is 0 Å². The maximum absolute atomic E-state index is 10.8. The SMILES string of the molecule is CS(=O)CC1=CC=CC=CC1.O. The van der Waals surface area contributed by atoms with Gasteiger partial charge in [-0.1, -0.05) is 36.0 Å². The molecule has 1 rings (SSSR count). The Balaban J connectivity index is 0.00000121. The number of allylic oxidation sites excluding steroid dienone is 5. The smallest absolute Gasteiger partial charge is 0.0448 e. The lowest BCUT2D eigenvalue weighted by molar-refractivity contribution is 0.688. The summed E-state index contributed by atoms with van der Waals surface area (Å²) in [4.78, 5) is 0. The molecule has 1 aliphatic carbocycles. The molecule has 1 unspecified atom stereocenters. The van der Waals surface area contributed by atoms with Crippen LogP contribution in [-0.2, 0) is 10.8 Å². The Bertz CT molecular complexity index is 239. The maximum Gasteiger partial charge on any atom is 0.0448 e. The highest BCUT2D eigenvalue weighted by molar-refractivity contribution is 7.84. The molecule has 0 bridgehead atoms. The zero-order chi connectivity index (χ0) is 8.10. The molecule has 0 amide bonds. The molecule has 0 fully saturated rings. The van der Waals surface area contributed by atoms with E-state index < -0.39 is 10.8 Å². The highest BCUT2D eigenvalue weighted by Gasteiger charge is 1.97. The van der Waals surface area contributed by atoms with Crippen molar-refractivity contribution in [3.8, 4) is 0 Å². The molecule has 68 valence electrons. The minimum absolute atomic E-state index is 0. The fourth-order valence-electron chi connectivity index (χ4n) is 0.990. The van der Waals surface area contributed by atoms with Gasteiger partial charge < -0.3 is 5.48 Å². The van der Waals surface area contributed by atoms with E-state index in [0.717, 1.165) is 6.42 Å².